The van der Waals surface area contributed by atoms with Crippen molar-refractivity contribution in [2.75, 3.05) is 6.61 Å². The van der Waals surface area contributed by atoms with Crippen molar-refractivity contribution in [3.63, 3.8) is 0 Å². The molecule has 18 heavy (non-hydrogen) atoms. The minimum absolute atomic E-state index is 0.0442. The second-order valence-electron chi connectivity index (χ2n) is 4.41. The van der Waals surface area contributed by atoms with Gasteiger partial charge in [-0.2, -0.15) is 4.98 Å². The van der Waals surface area contributed by atoms with Gasteiger partial charge in [0.1, 0.15) is 12.4 Å². The molecule has 2 N–H and O–H groups in total. The van der Waals surface area contributed by atoms with E-state index in [1.165, 1.54) is 0 Å². The summed E-state index contributed by atoms with van der Waals surface area (Å²) in [6.07, 6.45) is 0.777. The van der Waals surface area contributed by atoms with Crippen LogP contribution in [-0.2, 0) is 0 Å². The molecule has 0 radical (unpaired) electrons. The van der Waals surface area contributed by atoms with Crippen LogP contribution in [0.1, 0.15) is 42.6 Å². The third kappa shape index (κ3) is 1.76. The SMILES string of the molecule is CC[C@@H](N)c1nc(C2COc3ccccc32)no1. The third-order valence-corrected chi connectivity index (χ3v) is 3.23. The van der Waals surface area contributed by atoms with Crippen LogP contribution in [0.2, 0.25) is 0 Å². The maximum Gasteiger partial charge on any atom is 0.243 e. The van der Waals surface area contributed by atoms with Gasteiger partial charge in [0.15, 0.2) is 5.82 Å². The van der Waals surface area contributed by atoms with E-state index in [0.29, 0.717) is 18.3 Å². The molecule has 0 bridgehead atoms. The standard InChI is InChI=1S/C13H15N3O2/c1-2-10(14)13-15-12(16-18-13)9-7-17-11-6-4-3-5-8(9)11/h3-6,9-10H,2,7,14H2,1H3/t9?,10-/m1/s1. The summed E-state index contributed by atoms with van der Waals surface area (Å²) >= 11 is 0. The molecular formula is C13H15N3O2. The Hall–Kier alpha value is -1.88. The summed E-state index contributed by atoms with van der Waals surface area (Å²) in [5.41, 5.74) is 6.98. The van der Waals surface area contributed by atoms with Gasteiger partial charge in [-0.1, -0.05) is 30.3 Å². The van der Waals surface area contributed by atoms with Crippen molar-refractivity contribution in [1.29, 1.82) is 0 Å². The molecule has 5 nitrogen and oxygen atoms in total. The van der Waals surface area contributed by atoms with E-state index in [2.05, 4.69) is 10.1 Å². The number of para-hydroxylation sites is 1. The highest BCUT2D eigenvalue weighted by molar-refractivity contribution is 5.42. The van der Waals surface area contributed by atoms with E-state index in [9.17, 15) is 0 Å². The number of aromatic nitrogens is 2. The van der Waals surface area contributed by atoms with E-state index < -0.39 is 0 Å². The van der Waals surface area contributed by atoms with Crippen molar-refractivity contribution in [2.24, 2.45) is 5.73 Å². The summed E-state index contributed by atoms with van der Waals surface area (Å²) in [5, 5.41) is 4.02. The number of hydrogen-bond acceptors (Lipinski definition) is 5. The number of nitrogens with two attached hydrogens (primary N) is 1. The Morgan fingerprint density at radius 1 is 1.44 bits per heavy atom. The maximum absolute atomic E-state index is 5.87. The average molecular weight is 245 g/mol. The predicted octanol–water partition coefficient (Wildman–Crippen LogP) is 2.00. The highest BCUT2D eigenvalue weighted by Gasteiger charge is 2.29. The molecule has 2 aromatic rings. The van der Waals surface area contributed by atoms with E-state index in [1.54, 1.807) is 0 Å². The van der Waals surface area contributed by atoms with Crippen LogP contribution in [0.15, 0.2) is 28.8 Å². The van der Waals surface area contributed by atoms with E-state index >= 15 is 0 Å². The summed E-state index contributed by atoms with van der Waals surface area (Å²) in [7, 11) is 0. The Morgan fingerprint density at radius 2 is 2.28 bits per heavy atom. The molecule has 0 fully saturated rings. The molecule has 1 unspecified atom stereocenters. The second kappa shape index (κ2) is 4.42. The first-order valence-electron chi connectivity index (χ1n) is 6.10. The smallest absolute Gasteiger partial charge is 0.243 e. The highest BCUT2D eigenvalue weighted by Crippen LogP contribution is 2.36. The van der Waals surface area contributed by atoms with Crippen molar-refractivity contribution in [3.8, 4) is 5.75 Å². The van der Waals surface area contributed by atoms with Gasteiger partial charge in [-0.3, -0.25) is 0 Å². The van der Waals surface area contributed by atoms with E-state index in [1.807, 2.05) is 31.2 Å². The summed E-state index contributed by atoms with van der Waals surface area (Å²) in [6, 6.07) is 7.73. The molecule has 3 rings (SSSR count). The van der Waals surface area contributed by atoms with E-state index in [4.69, 9.17) is 15.0 Å². The fourth-order valence-electron chi connectivity index (χ4n) is 2.09. The topological polar surface area (TPSA) is 74.2 Å². The van der Waals surface area contributed by atoms with Gasteiger partial charge in [-0.15, -0.1) is 0 Å². The van der Waals surface area contributed by atoms with Gasteiger partial charge in [0.05, 0.1) is 12.0 Å². The minimum Gasteiger partial charge on any atom is -0.492 e. The zero-order chi connectivity index (χ0) is 12.5. The number of fused-ring (bicyclic) bond motifs is 1. The first kappa shape index (κ1) is 11.2. The lowest BCUT2D eigenvalue weighted by atomic mass is 10.0. The molecule has 94 valence electrons. The van der Waals surface area contributed by atoms with Crippen LogP contribution < -0.4 is 10.5 Å². The molecule has 1 aliphatic heterocycles. The van der Waals surface area contributed by atoms with Crippen molar-refractivity contribution in [3.05, 3.63) is 41.5 Å². The predicted molar refractivity (Wildman–Crippen MR) is 65.3 cm³/mol. The first-order chi connectivity index (χ1) is 8.79. The quantitative estimate of drug-likeness (QED) is 0.895. The van der Waals surface area contributed by atoms with Crippen molar-refractivity contribution in [1.82, 2.24) is 10.1 Å². The van der Waals surface area contributed by atoms with Crippen LogP contribution in [0.25, 0.3) is 0 Å². The molecule has 0 saturated carbocycles. The Balaban J connectivity index is 1.91. The van der Waals surface area contributed by atoms with Crippen LogP contribution in [0.5, 0.6) is 5.75 Å². The summed E-state index contributed by atoms with van der Waals surface area (Å²) < 4.78 is 10.8. The molecule has 1 aromatic heterocycles. The summed E-state index contributed by atoms with van der Waals surface area (Å²) in [5.74, 6) is 2.09. The second-order valence-corrected chi connectivity index (χ2v) is 4.41. The van der Waals surface area contributed by atoms with Crippen LogP contribution in [0, 0.1) is 0 Å². The van der Waals surface area contributed by atoms with Gasteiger partial charge in [-0.25, -0.2) is 0 Å². The molecule has 5 heteroatoms. The number of benzene rings is 1. The molecule has 0 saturated heterocycles. The Bertz CT molecular complexity index is 553. The third-order valence-electron chi connectivity index (χ3n) is 3.23. The molecule has 1 aliphatic rings. The van der Waals surface area contributed by atoms with Gasteiger partial charge in [-0.05, 0) is 12.5 Å². The average Bonchev–Trinajstić information content (AvgIpc) is 3.03. The lowest BCUT2D eigenvalue weighted by molar-refractivity contribution is 0.327. The maximum atomic E-state index is 5.87. The van der Waals surface area contributed by atoms with E-state index in [0.717, 1.165) is 17.7 Å². The fourth-order valence-corrected chi connectivity index (χ4v) is 2.09. The van der Waals surface area contributed by atoms with Crippen molar-refractivity contribution >= 4 is 0 Å². The highest BCUT2D eigenvalue weighted by atomic mass is 16.5. The Labute approximate surface area is 105 Å². The van der Waals surface area contributed by atoms with Gasteiger partial charge in [0.25, 0.3) is 0 Å². The monoisotopic (exact) mass is 245 g/mol. The Kier molecular flexibility index (Phi) is 2.76. The van der Waals surface area contributed by atoms with Gasteiger partial charge >= 0.3 is 0 Å². The van der Waals surface area contributed by atoms with Gasteiger partial charge < -0.3 is 15.0 Å². The fraction of sp³-hybridized carbons (Fsp3) is 0.385. The Morgan fingerprint density at radius 3 is 3.11 bits per heavy atom. The van der Waals surface area contributed by atoms with Crippen LogP contribution in [-0.4, -0.2) is 16.7 Å². The number of nitrogens with zero attached hydrogens (tertiary/aromatic N) is 2. The number of ether oxygens (including phenoxy) is 1. The van der Waals surface area contributed by atoms with Crippen molar-refractivity contribution in [2.45, 2.75) is 25.3 Å². The van der Waals surface area contributed by atoms with Gasteiger partial charge in [0.2, 0.25) is 5.89 Å². The van der Waals surface area contributed by atoms with Crippen molar-refractivity contribution < 1.29 is 9.26 Å². The first-order valence-corrected chi connectivity index (χ1v) is 6.10. The molecule has 2 atom stereocenters. The van der Waals surface area contributed by atoms with Crippen LogP contribution in [0.4, 0.5) is 0 Å². The minimum atomic E-state index is -0.191. The summed E-state index contributed by atoms with van der Waals surface area (Å²) in [6.45, 7) is 2.54. The molecular weight excluding hydrogens is 230 g/mol. The summed E-state index contributed by atoms with van der Waals surface area (Å²) in [4.78, 5) is 4.38. The lowest BCUT2D eigenvalue weighted by Gasteiger charge is -2.02. The number of rotatable bonds is 3. The molecule has 0 aliphatic carbocycles. The van der Waals surface area contributed by atoms with E-state index in [-0.39, 0.29) is 12.0 Å². The largest absolute Gasteiger partial charge is 0.492 e. The zero-order valence-corrected chi connectivity index (χ0v) is 10.2. The number of hydrogen-bond donors (Lipinski definition) is 1. The molecule has 2 heterocycles. The zero-order valence-electron chi connectivity index (χ0n) is 10.2. The normalized spacial score (nSPS) is 19.3. The molecule has 0 spiro atoms. The molecule has 0 amide bonds. The van der Waals surface area contributed by atoms with Crippen LogP contribution >= 0.6 is 0 Å². The lowest BCUT2D eigenvalue weighted by Crippen LogP contribution is -2.10. The van der Waals surface area contributed by atoms with Crippen LogP contribution in [0.3, 0.4) is 0 Å². The van der Waals surface area contributed by atoms with Gasteiger partial charge in [0, 0.05) is 5.56 Å². The molecule has 1 aromatic carbocycles.